The molecule has 0 aliphatic carbocycles. The maximum absolute atomic E-state index is 14.1. The Hall–Kier alpha value is -1.44. The van der Waals surface area contributed by atoms with E-state index >= 15 is 0 Å². The number of hydrogen-bond donors (Lipinski definition) is 0. The van der Waals surface area contributed by atoms with Gasteiger partial charge in [-0.1, -0.05) is 0 Å². The summed E-state index contributed by atoms with van der Waals surface area (Å²) in [5.74, 6) is -24.9. The summed E-state index contributed by atoms with van der Waals surface area (Å²) in [6.45, 7) is 0. The molecule has 0 saturated heterocycles. The third-order valence-corrected chi connectivity index (χ3v) is 10.4. The molecule has 2 rings (SSSR count). The molecule has 0 spiro atoms. The molecule has 0 radical (unpaired) electrons. The molecule has 2 aromatic rings. The van der Waals surface area contributed by atoms with Crippen molar-refractivity contribution in [1.82, 2.24) is 0 Å². The van der Waals surface area contributed by atoms with Crippen LogP contribution >= 0.6 is 20.2 Å². The summed E-state index contributed by atoms with van der Waals surface area (Å²) in [6, 6.07) is 0. The van der Waals surface area contributed by atoms with E-state index in [0.29, 0.717) is 0 Å². The number of rotatable bonds is 2. The summed E-state index contributed by atoms with van der Waals surface area (Å²) in [4.78, 5) is 0. The van der Waals surface area contributed by atoms with E-state index in [-0.39, 0.29) is 0 Å². The van der Waals surface area contributed by atoms with Crippen LogP contribution in [0.5, 0.6) is 0 Å². The van der Waals surface area contributed by atoms with Gasteiger partial charge in [0.2, 0.25) is 0 Å². The van der Waals surface area contributed by atoms with Gasteiger partial charge < -0.3 is 0 Å². The zero-order valence-corrected chi connectivity index (χ0v) is 16.7. The molecule has 174 valence electrons. The van der Waals surface area contributed by atoms with Gasteiger partial charge >= 0.3 is 172 Å². The molecule has 0 atom stereocenters. The van der Waals surface area contributed by atoms with E-state index in [4.69, 9.17) is 20.2 Å². The van der Waals surface area contributed by atoms with Gasteiger partial charge in [-0.25, -0.2) is 0 Å². The molecule has 0 aliphatic rings. The second kappa shape index (κ2) is 7.85. The van der Waals surface area contributed by atoms with Crippen LogP contribution in [0.25, 0.3) is 0 Å². The Morgan fingerprint density at radius 1 is 0.419 bits per heavy atom. The molecule has 0 aromatic heterocycles. The molecule has 0 aliphatic heterocycles. The normalized spacial score (nSPS) is 13.7. The van der Waals surface area contributed by atoms with Crippen molar-refractivity contribution in [3.8, 4) is 0 Å². The van der Waals surface area contributed by atoms with E-state index in [1.54, 1.807) is 0 Å². The Balaban J connectivity index is 3.00. The van der Waals surface area contributed by atoms with Gasteiger partial charge in [-0.2, -0.15) is 0 Å². The van der Waals surface area contributed by atoms with E-state index < -0.39 is 90.0 Å². The molecule has 2 aromatic carbocycles. The van der Waals surface area contributed by atoms with Crippen LogP contribution in [0.3, 0.4) is 0 Å². The van der Waals surface area contributed by atoms with Crippen LogP contribution in [0, 0.1) is 46.5 Å². The van der Waals surface area contributed by atoms with Gasteiger partial charge in [-0.05, 0) is 0 Å². The number of alkyl halides is 6. The Kier molecular flexibility index (Phi) is 6.54. The number of halogens is 16. The monoisotopic (exact) mass is 584 g/mol. The fourth-order valence-corrected chi connectivity index (χ4v) is 8.16. The van der Waals surface area contributed by atoms with Crippen LogP contribution in [-0.4, -0.2) is 11.0 Å². The van der Waals surface area contributed by atoms with Crippen LogP contribution in [-0.2, 0) is 12.4 Å². The maximum atomic E-state index is 14.1. The van der Waals surface area contributed by atoms with Gasteiger partial charge in [-0.15, -0.1) is 0 Å². The first-order valence-electron chi connectivity index (χ1n) is 6.86. The number of hydrogen-bond acceptors (Lipinski definition) is 0. The minimum absolute atomic E-state index is 2.47. The third kappa shape index (κ3) is 4.05. The van der Waals surface area contributed by atoms with Crippen molar-refractivity contribution in [3.63, 3.8) is 0 Å². The Morgan fingerprint density at radius 2 is 0.613 bits per heavy atom. The van der Waals surface area contributed by atoms with Crippen LogP contribution < -0.4 is 8.92 Å². The van der Waals surface area contributed by atoms with Gasteiger partial charge in [0.05, 0.1) is 0 Å². The van der Waals surface area contributed by atoms with Crippen molar-refractivity contribution < 1.29 is 61.5 Å². The number of benzene rings is 2. The quantitative estimate of drug-likeness (QED) is 0.236. The fraction of sp³-hybridized carbons (Fsp3) is 0.143. The second-order valence-corrected chi connectivity index (χ2v) is 14.7. The SMILES string of the molecule is Fc1c(F)c([Se](Cl)(Cl)c2c(F)c(F)c(C(F)(F)F)c(F)c2F)c(F)c(F)c1C(F)(F)F. The van der Waals surface area contributed by atoms with Gasteiger partial charge in [0.1, 0.15) is 0 Å². The van der Waals surface area contributed by atoms with Crippen LogP contribution in [0.1, 0.15) is 11.1 Å². The van der Waals surface area contributed by atoms with Crippen molar-refractivity contribution in [3.05, 3.63) is 57.7 Å². The molecule has 0 N–H and O–H groups in total. The van der Waals surface area contributed by atoms with Gasteiger partial charge in [-0.3, -0.25) is 0 Å². The van der Waals surface area contributed by atoms with E-state index in [1.807, 2.05) is 0 Å². The van der Waals surface area contributed by atoms with E-state index in [1.165, 1.54) is 0 Å². The molecule has 17 heteroatoms. The molecular weight excluding hydrogens is 584 g/mol. The Labute approximate surface area is 172 Å². The first-order chi connectivity index (χ1) is 13.8. The van der Waals surface area contributed by atoms with Crippen LogP contribution in [0.2, 0.25) is 0 Å². The van der Waals surface area contributed by atoms with E-state index in [0.717, 1.165) is 0 Å². The van der Waals surface area contributed by atoms with Crippen molar-refractivity contribution in [2.45, 2.75) is 12.4 Å². The average Bonchev–Trinajstić information content (AvgIpc) is 2.56. The van der Waals surface area contributed by atoms with E-state index in [9.17, 15) is 61.5 Å². The standard InChI is InChI=1S/C14Cl2F14Se/c15-31(16,11-7(21)3(17)1(13(25,26)27)4(18)8(11)22)12-9(23)5(19)2(14(28,29)30)6(20)10(12)24. The van der Waals surface area contributed by atoms with Crippen molar-refractivity contribution in [2.24, 2.45) is 0 Å². The topological polar surface area (TPSA) is 0 Å². The van der Waals surface area contributed by atoms with Crippen LogP contribution in [0.4, 0.5) is 61.5 Å². The average molecular weight is 584 g/mol. The van der Waals surface area contributed by atoms with Gasteiger partial charge in [0.15, 0.2) is 0 Å². The van der Waals surface area contributed by atoms with Crippen molar-refractivity contribution in [1.29, 1.82) is 0 Å². The minimum atomic E-state index is -6.41. The molecular formula is C14Cl2F14Se. The van der Waals surface area contributed by atoms with E-state index in [2.05, 4.69) is 0 Å². The first-order valence-corrected chi connectivity index (χ1v) is 13.1. The van der Waals surface area contributed by atoms with Gasteiger partial charge in [0.25, 0.3) is 0 Å². The molecule has 0 unspecified atom stereocenters. The third-order valence-electron chi connectivity index (χ3n) is 3.53. The summed E-state index contributed by atoms with van der Waals surface area (Å²) in [6.07, 6.45) is -12.1. The molecule has 0 heterocycles. The molecule has 0 amide bonds. The second-order valence-electron chi connectivity index (χ2n) is 5.38. The summed E-state index contributed by atoms with van der Waals surface area (Å²) in [5, 5.41) is 0. The van der Waals surface area contributed by atoms with Crippen molar-refractivity contribution >= 4 is 40.1 Å². The molecule has 0 nitrogen and oxygen atoms in total. The Bertz CT molecular complexity index is 931. The zero-order chi connectivity index (χ0) is 24.4. The predicted octanol–water partition coefficient (Wildman–Crippen LogP) is 5.87. The summed E-state index contributed by atoms with van der Waals surface area (Å²) < 4.78 is 182. The summed E-state index contributed by atoms with van der Waals surface area (Å²) in [7, 11) is 10.7. The van der Waals surface area contributed by atoms with Crippen LogP contribution in [0.15, 0.2) is 0 Å². The van der Waals surface area contributed by atoms with Gasteiger partial charge in [0, 0.05) is 0 Å². The first kappa shape index (κ1) is 25.8. The Morgan fingerprint density at radius 3 is 0.774 bits per heavy atom. The summed E-state index contributed by atoms with van der Waals surface area (Å²) in [5.41, 5.74) is -6.28. The zero-order valence-electron chi connectivity index (χ0n) is 13.5. The molecule has 0 saturated carbocycles. The fourth-order valence-electron chi connectivity index (χ4n) is 2.27. The van der Waals surface area contributed by atoms with Crippen molar-refractivity contribution in [2.75, 3.05) is 0 Å². The molecule has 31 heavy (non-hydrogen) atoms. The predicted molar refractivity (Wildman–Crippen MR) is 79.3 cm³/mol. The molecule has 0 fully saturated rings. The summed E-state index contributed by atoms with van der Waals surface area (Å²) >= 11 is -6.41. The molecule has 0 bridgehead atoms.